The van der Waals surface area contributed by atoms with Crippen LogP contribution in [0.25, 0.3) is 11.1 Å². The molecule has 0 aliphatic rings. The van der Waals surface area contributed by atoms with Crippen molar-refractivity contribution in [2.45, 2.75) is 6.92 Å². The maximum atomic E-state index is 11.5. The summed E-state index contributed by atoms with van der Waals surface area (Å²) in [6.45, 7) is 2.01. The van der Waals surface area contributed by atoms with E-state index in [0.29, 0.717) is 12.3 Å². The van der Waals surface area contributed by atoms with Gasteiger partial charge >= 0.3 is 6.03 Å². The van der Waals surface area contributed by atoms with Crippen molar-refractivity contribution in [2.24, 2.45) is 0 Å². The number of nitrogens with one attached hydrogen (secondary N) is 2. The third-order valence-corrected chi connectivity index (χ3v) is 3.52. The summed E-state index contributed by atoms with van der Waals surface area (Å²) in [7, 11) is 0. The normalized spacial score (nSPS) is 10.0. The molecule has 0 aliphatic heterocycles. The van der Waals surface area contributed by atoms with Crippen LogP contribution in [0, 0.1) is 0 Å². The highest BCUT2D eigenvalue weighted by Crippen LogP contribution is 2.23. The summed E-state index contributed by atoms with van der Waals surface area (Å²) >= 11 is 3.40. The number of carbonyl (C=O) groups excluding carboxylic acids is 2. The molecule has 2 rings (SSSR count). The summed E-state index contributed by atoms with van der Waals surface area (Å²) in [6, 6.07) is 14.9. The molecule has 2 aromatic carbocycles. The quantitative estimate of drug-likeness (QED) is 0.840. The Kier molecular flexibility index (Phi) is 6.17. The highest BCUT2D eigenvalue weighted by molar-refractivity contribution is 9.10. The molecule has 0 aromatic heterocycles. The first kappa shape index (κ1) is 17.0. The summed E-state index contributed by atoms with van der Waals surface area (Å²) in [6.07, 6.45) is 0. The number of hydrogen-bond donors (Lipinski definition) is 2. The van der Waals surface area contributed by atoms with E-state index in [-0.39, 0.29) is 6.61 Å². The van der Waals surface area contributed by atoms with Crippen LogP contribution in [-0.4, -0.2) is 25.1 Å². The first-order valence-corrected chi connectivity index (χ1v) is 7.94. The van der Waals surface area contributed by atoms with Gasteiger partial charge in [0.05, 0.1) is 0 Å². The fourth-order valence-electron chi connectivity index (χ4n) is 1.90. The minimum Gasteiger partial charge on any atom is -0.484 e. The average Bonchev–Trinajstić information content (AvgIpc) is 2.54. The molecule has 0 fully saturated rings. The molecule has 6 heteroatoms. The summed E-state index contributed by atoms with van der Waals surface area (Å²) in [4.78, 5) is 22.7. The number of benzene rings is 2. The van der Waals surface area contributed by atoms with Crippen molar-refractivity contribution in [3.63, 3.8) is 0 Å². The smallest absolute Gasteiger partial charge is 0.321 e. The van der Waals surface area contributed by atoms with E-state index >= 15 is 0 Å². The van der Waals surface area contributed by atoms with Crippen molar-refractivity contribution in [1.29, 1.82) is 0 Å². The van der Waals surface area contributed by atoms with Crippen LogP contribution in [0.1, 0.15) is 6.92 Å². The first-order valence-electron chi connectivity index (χ1n) is 7.15. The molecule has 2 aromatic rings. The Morgan fingerprint density at radius 3 is 2.13 bits per heavy atom. The number of carbonyl (C=O) groups is 2. The summed E-state index contributed by atoms with van der Waals surface area (Å²) in [5.41, 5.74) is 2.14. The van der Waals surface area contributed by atoms with E-state index in [9.17, 15) is 9.59 Å². The average molecular weight is 377 g/mol. The van der Waals surface area contributed by atoms with E-state index in [0.717, 1.165) is 15.6 Å². The van der Waals surface area contributed by atoms with Crippen molar-refractivity contribution < 1.29 is 14.3 Å². The molecule has 0 aliphatic carbocycles. The molecule has 23 heavy (non-hydrogen) atoms. The molecule has 0 unspecified atom stereocenters. The van der Waals surface area contributed by atoms with Gasteiger partial charge in [0.25, 0.3) is 5.91 Å². The number of amides is 3. The standard InChI is InChI=1S/C17H17BrN2O3/c1-2-19-17(22)20-16(21)11-23-15-9-5-13(6-10-15)12-3-7-14(18)8-4-12/h3-10H,2,11H2,1H3,(H2,19,20,21,22). The largest absolute Gasteiger partial charge is 0.484 e. The molecular weight excluding hydrogens is 360 g/mol. The molecule has 0 spiro atoms. The van der Waals surface area contributed by atoms with Crippen LogP contribution in [0.3, 0.4) is 0 Å². The van der Waals surface area contributed by atoms with E-state index in [1.807, 2.05) is 36.4 Å². The van der Waals surface area contributed by atoms with Gasteiger partial charge in [-0.25, -0.2) is 4.79 Å². The van der Waals surface area contributed by atoms with E-state index < -0.39 is 11.9 Å². The number of urea groups is 1. The van der Waals surface area contributed by atoms with E-state index in [1.165, 1.54) is 0 Å². The van der Waals surface area contributed by atoms with Crippen LogP contribution in [-0.2, 0) is 4.79 Å². The van der Waals surface area contributed by atoms with Gasteiger partial charge in [0.15, 0.2) is 6.61 Å². The lowest BCUT2D eigenvalue weighted by Gasteiger charge is -2.08. The van der Waals surface area contributed by atoms with E-state index in [1.54, 1.807) is 19.1 Å². The third kappa shape index (κ3) is 5.41. The molecule has 5 nitrogen and oxygen atoms in total. The minimum atomic E-state index is -0.522. The van der Waals surface area contributed by atoms with Gasteiger partial charge in [-0.15, -0.1) is 0 Å². The van der Waals surface area contributed by atoms with Gasteiger partial charge in [-0.2, -0.15) is 0 Å². The highest BCUT2D eigenvalue weighted by atomic mass is 79.9. The van der Waals surface area contributed by atoms with Crippen LogP contribution in [0.2, 0.25) is 0 Å². The summed E-state index contributed by atoms with van der Waals surface area (Å²) < 4.78 is 6.38. The topological polar surface area (TPSA) is 67.4 Å². The molecule has 0 bridgehead atoms. The lowest BCUT2D eigenvalue weighted by atomic mass is 10.1. The van der Waals surface area contributed by atoms with Gasteiger partial charge in [-0.3, -0.25) is 10.1 Å². The molecule has 120 valence electrons. The Hall–Kier alpha value is -2.34. The molecule has 0 heterocycles. The molecule has 0 atom stereocenters. The maximum absolute atomic E-state index is 11.5. The number of rotatable bonds is 5. The van der Waals surface area contributed by atoms with Crippen molar-refractivity contribution in [3.8, 4) is 16.9 Å². The zero-order valence-corrected chi connectivity index (χ0v) is 14.2. The number of halogens is 1. The number of hydrogen-bond acceptors (Lipinski definition) is 3. The van der Waals surface area contributed by atoms with E-state index in [2.05, 4.69) is 26.6 Å². The van der Waals surface area contributed by atoms with Gasteiger partial charge < -0.3 is 10.1 Å². The molecule has 0 saturated heterocycles. The fourth-order valence-corrected chi connectivity index (χ4v) is 2.17. The lowest BCUT2D eigenvalue weighted by Crippen LogP contribution is -2.41. The molecule has 0 radical (unpaired) electrons. The number of imide groups is 1. The summed E-state index contributed by atoms with van der Waals surface area (Å²) in [5, 5.41) is 4.65. The molecular formula is C17H17BrN2O3. The maximum Gasteiger partial charge on any atom is 0.321 e. The molecule has 2 N–H and O–H groups in total. The Balaban J connectivity index is 1.89. The van der Waals surface area contributed by atoms with E-state index in [4.69, 9.17) is 4.74 Å². The molecule has 3 amide bonds. The Labute approximate surface area is 143 Å². The van der Waals surface area contributed by atoms with Crippen LogP contribution in [0.4, 0.5) is 4.79 Å². The third-order valence-electron chi connectivity index (χ3n) is 2.99. The van der Waals surface area contributed by atoms with Crippen molar-refractivity contribution in [3.05, 3.63) is 53.0 Å². The Morgan fingerprint density at radius 2 is 1.57 bits per heavy atom. The SMILES string of the molecule is CCNC(=O)NC(=O)COc1ccc(-c2ccc(Br)cc2)cc1. The van der Waals surface area contributed by atoms with Gasteiger partial charge in [0, 0.05) is 11.0 Å². The minimum absolute atomic E-state index is 0.214. The fraction of sp³-hybridized carbons (Fsp3) is 0.176. The zero-order valence-electron chi connectivity index (χ0n) is 12.6. The van der Waals surface area contributed by atoms with Crippen LogP contribution in [0.15, 0.2) is 53.0 Å². The second-order valence-electron chi connectivity index (χ2n) is 4.73. The number of ether oxygens (including phenoxy) is 1. The Morgan fingerprint density at radius 1 is 1.00 bits per heavy atom. The Bertz CT molecular complexity index is 669. The van der Waals surface area contributed by atoms with Crippen molar-refractivity contribution in [1.82, 2.24) is 10.6 Å². The van der Waals surface area contributed by atoms with Crippen LogP contribution in [0.5, 0.6) is 5.75 Å². The van der Waals surface area contributed by atoms with Crippen LogP contribution >= 0.6 is 15.9 Å². The predicted octanol–water partition coefficient (Wildman–Crippen LogP) is 3.34. The van der Waals surface area contributed by atoms with Gasteiger partial charge in [0.2, 0.25) is 0 Å². The highest BCUT2D eigenvalue weighted by Gasteiger charge is 2.07. The van der Waals surface area contributed by atoms with Crippen LogP contribution < -0.4 is 15.4 Å². The summed E-state index contributed by atoms with van der Waals surface area (Å²) in [5.74, 6) is 0.0739. The zero-order chi connectivity index (χ0) is 16.7. The second kappa shape index (κ2) is 8.33. The monoisotopic (exact) mass is 376 g/mol. The van der Waals surface area contributed by atoms with Gasteiger partial charge in [-0.05, 0) is 42.3 Å². The predicted molar refractivity (Wildman–Crippen MR) is 92.3 cm³/mol. The molecule has 0 saturated carbocycles. The second-order valence-corrected chi connectivity index (χ2v) is 5.64. The van der Waals surface area contributed by atoms with Gasteiger partial charge in [-0.1, -0.05) is 40.2 Å². The van der Waals surface area contributed by atoms with Gasteiger partial charge in [0.1, 0.15) is 5.75 Å². The van der Waals surface area contributed by atoms with Crippen molar-refractivity contribution in [2.75, 3.05) is 13.2 Å². The first-order chi connectivity index (χ1) is 11.1. The van der Waals surface area contributed by atoms with Crippen molar-refractivity contribution >= 4 is 27.9 Å². The lowest BCUT2D eigenvalue weighted by molar-refractivity contribution is -0.122.